The molecule has 1 aliphatic heterocycles. The quantitative estimate of drug-likeness (QED) is 0.461. The first-order valence-electron chi connectivity index (χ1n) is 7.62. The molecule has 100 valence electrons. The van der Waals surface area contributed by atoms with Crippen LogP contribution in [0.2, 0.25) is 0 Å². The molecule has 0 bridgehead atoms. The van der Waals surface area contributed by atoms with Crippen molar-refractivity contribution in [2.24, 2.45) is 5.92 Å². The van der Waals surface area contributed by atoms with Crippen molar-refractivity contribution in [2.75, 3.05) is 19.6 Å². The Morgan fingerprint density at radius 1 is 1.18 bits per heavy atom. The van der Waals surface area contributed by atoms with Crippen molar-refractivity contribution in [3.63, 3.8) is 0 Å². The van der Waals surface area contributed by atoms with Gasteiger partial charge in [-0.25, -0.2) is 0 Å². The molecular formula is C16H31N. The van der Waals surface area contributed by atoms with Crippen LogP contribution in [0.25, 0.3) is 0 Å². The maximum Gasteiger partial charge on any atom is 0.00186 e. The third kappa shape index (κ3) is 6.26. The maximum absolute atomic E-state index is 2.66. The molecule has 1 nitrogen and oxygen atoms in total. The van der Waals surface area contributed by atoms with Gasteiger partial charge in [0.1, 0.15) is 0 Å². The largest absolute Gasteiger partial charge is 0.303 e. The van der Waals surface area contributed by atoms with Gasteiger partial charge in [0.15, 0.2) is 0 Å². The second kappa shape index (κ2) is 8.74. The van der Waals surface area contributed by atoms with E-state index in [1.165, 1.54) is 64.6 Å². The summed E-state index contributed by atoms with van der Waals surface area (Å²) in [5.41, 5.74) is 1.68. The minimum atomic E-state index is 0.956. The zero-order chi connectivity index (χ0) is 12.5. The first-order valence-corrected chi connectivity index (χ1v) is 7.62. The average Bonchev–Trinajstić information content (AvgIpc) is 2.35. The van der Waals surface area contributed by atoms with Crippen LogP contribution < -0.4 is 0 Å². The molecule has 0 N–H and O–H groups in total. The summed E-state index contributed by atoms with van der Waals surface area (Å²) in [6.45, 7) is 10.8. The number of hydrogen-bond donors (Lipinski definition) is 0. The Morgan fingerprint density at radius 3 is 2.47 bits per heavy atom. The molecule has 1 heterocycles. The number of piperidine rings is 1. The van der Waals surface area contributed by atoms with Gasteiger partial charge < -0.3 is 4.90 Å². The second-order valence-electron chi connectivity index (χ2n) is 5.68. The van der Waals surface area contributed by atoms with Crippen LogP contribution >= 0.6 is 0 Å². The second-order valence-corrected chi connectivity index (χ2v) is 5.68. The lowest BCUT2D eigenvalue weighted by atomic mass is 9.98. The number of rotatable bonds is 7. The topological polar surface area (TPSA) is 3.24 Å². The fourth-order valence-corrected chi connectivity index (χ4v) is 2.60. The third-order valence-corrected chi connectivity index (χ3v) is 4.14. The number of hydrogen-bond acceptors (Lipinski definition) is 1. The first-order chi connectivity index (χ1) is 8.26. The van der Waals surface area contributed by atoms with E-state index in [1.807, 2.05) is 0 Å². The van der Waals surface area contributed by atoms with Gasteiger partial charge in [-0.2, -0.15) is 0 Å². The molecule has 1 aliphatic rings. The first kappa shape index (κ1) is 14.8. The Labute approximate surface area is 108 Å². The van der Waals surface area contributed by atoms with Crippen molar-refractivity contribution in [3.05, 3.63) is 11.6 Å². The molecule has 0 aromatic rings. The van der Waals surface area contributed by atoms with Crippen LogP contribution in [0, 0.1) is 5.92 Å². The molecule has 0 aromatic carbocycles. The Kier molecular flexibility index (Phi) is 7.59. The lowest BCUT2D eigenvalue weighted by Gasteiger charge is -2.30. The molecule has 1 rings (SSSR count). The van der Waals surface area contributed by atoms with E-state index >= 15 is 0 Å². The van der Waals surface area contributed by atoms with Crippen LogP contribution in [0.3, 0.4) is 0 Å². The van der Waals surface area contributed by atoms with Crippen LogP contribution in [-0.2, 0) is 0 Å². The summed E-state index contributed by atoms with van der Waals surface area (Å²) in [5, 5.41) is 0. The lowest BCUT2D eigenvalue weighted by Crippen LogP contribution is -2.33. The number of allylic oxidation sites excluding steroid dienone is 1. The smallest absolute Gasteiger partial charge is 0.00186 e. The van der Waals surface area contributed by atoms with Crippen LogP contribution in [0.15, 0.2) is 11.6 Å². The third-order valence-electron chi connectivity index (χ3n) is 4.14. The van der Waals surface area contributed by atoms with Crippen LogP contribution in [0.5, 0.6) is 0 Å². The summed E-state index contributed by atoms with van der Waals surface area (Å²) in [5.74, 6) is 0.956. The van der Waals surface area contributed by atoms with Gasteiger partial charge in [-0.15, -0.1) is 0 Å². The summed E-state index contributed by atoms with van der Waals surface area (Å²) in [6.07, 6.45) is 11.9. The molecule has 0 spiro atoms. The zero-order valence-corrected chi connectivity index (χ0v) is 12.2. The number of nitrogens with zero attached hydrogens (tertiary/aromatic N) is 1. The van der Waals surface area contributed by atoms with Crippen molar-refractivity contribution in [1.82, 2.24) is 4.90 Å². The molecule has 0 aromatic heterocycles. The van der Waals surface area contributed by atoms with Gasteiger partial charge in [0.25, 0.3) is 0 Å². The SMILES string of the molecule is C/C=C(\CCCCC)CCN1CCC(C)CC1. The van der Waals surface area contributed by atoms with Crippen LogP contribution in [0.4, 0.5) is 0 Å². The van der Waals surface area contributed by atoms with E-state index in [0.29, 0.717) is 0 Å². The van der Waals surface area contributed by atoms with Crippen LogP contribution in [-0.4, -0.2) is 24.5 Å². The highest BCUT2D eigenvalue weighted by Crippen LogP contribution is 2.18. The Morgan fingerprint density at radius 2 is 1.88 bits per heavy atom. The molecule has 0 atom stereocenters. The summed E-state index contributed by atoms with van der Waals surface area (Å²) < 4.78 is 0. The maximum atomic E-state index is 2.66. The van der Waals surface area contributed by atoms with Crippen LogP contribution in [0.1, 0.15) is 65.7 Å². The minimum absolute atomic E-state index is 0.956. The summed E-state index contributed by atoms with van der Waals surface area (Å²) in [6, 6.07) is 0. The van der Waals surface area contributed by atoms with E-state index in [9.17, 15) is 0 Å². The minimum Gasteiger partial charge on any atom is -0.303 e. The Hall–Kier alpha value is -0.300. The van der Waals surface area contributed by atoms with Crippen molar-refractivity contribution < 1.29 is 0 Å². The fourth-order valence-electron chi connectivity index (χ4n) is 2.60. The van der Waals surface area contributed by atoms with Crippen molar-refractivity contribution in [2.45, 2.75) is 65.7 Å². The van der Waals surface area contributed by atoms with E-state index in [2.05, 4.69) is 31.7 Å². The van der Waals surface area contributed by atoms with Crippen molar-refractivity contribution in [1.29, 1.82) is 0 Å². The molecule has 1 fully saturated rings. The monoisotopic (exact) mass is 237 g/mol. The molecule has 0 amide bonds. The molecule has 0 saturated carbocycles. The molecular weight excluding hydrogens is 206 g/mol. The predicted octanol–water partition coefficient (Wildman–Crippen LogP) is 4.64. The normalized spacial score (nSPS) is 19.8. The summed E-state index contributed by atoms with van der Waals surface area (Å²) in [7, 11) is 0. The molecule has 17 heavy (non-hydrogen) atoms. The lowest BCUT2D eigenvalue weighted by molar-refractivity contribution is 0.194. The van der Waals surface area contributed by atoms with E-state index in [0.717, 1.165) is 5.92 Å². The van der Waals surface area contributed by atoms with Gasteiger partial charge in [0.05, 0.1) is 0 Å². The Bertz CT molecular complexity index is 212. The highest BCUT2D eigenvalue weighted by atomic mass is 15.1. The molecule has 0 unspecified atom stereocenters. The molecule has 1 heteroatoms. The highest BCUT2D eigenvalue weighted by molar-refractivity contribution is 5.00. The van der Waals surface area contributed by atoms with Crippen molar-refractivity contribution in [3.8, 4) is 0 Å². The summed E-state index contributed by atoms with van der Waals surface area (Å²) in [4.78, 5) is 2.66. The molecule has 0 aliphatic carbocycles. The van der Waals surface area contributed by atoms with E-state index in [4.69, 9.17) is 0 Å². The number of likely N-dealkylation sites (tertiary alicyclic amines) is 1. The fraction of sp³-hybridized carbons (Fsp3) is 0.875. The van der Waals surface area contributed by atoms with Gasteiger partial charge >= 0.3 is 0 Å². The van der Waals surface area contributed by atoms with Gasteiger partial charge in [-0.3, -0.25) is 0 Å². The van der Waals surface area contributed by atoms with E-state index < -0.39 is 0 Å². The van der Waals surface area contributed by atoms with E-state index in [1.54, 1.807) is 5.57 Å². The Balaban J connectivity index is 2.14. The molecule has 1 saturated heterocycles. The highest BCUT2D eigenvalue weighted by Gasteiger charge is 2.15. The summed E-state index contributed by atoms with van der Waals surface area (Å²) >= 11 is 0. The molecule has 0 radical (unpaired) electrons. The van der Waals surface area contributed by atoms with Gasteiger partial charge in [-0.1, -0.05) is 38.3 Å². The van der Waals surface area contributed by atoms with Gasteiger partial charge in [0.2, 0.25) is 0 Å². The van der Waals surface area contributed by atoms with Crippen molar-refractivity contribution >= 4 is 0 Å². The zero-order valence-electron chi connectivity index (χ0n) is 12.2. The van der Waals surface area contributed by atoms with Gasteiger partial charge in [-0.05, 0) is 58.0 Å². The van der Waals surface area contributed by atoms with E-state index in [-0.39, 0.29) is 0 Å². The predicted molar refractivity (Wildman–Crippen MR) is 77.4 cm³/mol. The number of unbranched alkanes of at least 4 members (excludes halogenated alkanes) is 2. The standard InChI is InChI=1S/C16H31N/c1-4-6-7-8-16(5-2)11-14-17-12-9-15(3)10-13-17/h5,15H,4,6-14H2,1-3H3/b16-5+. The van der Waals surface area contributed by atoms with Gasteiger partial charge in [0, 0.05) is 6.54 Å². The average molecular weight is 237 g/mol.